The molecule has 4 aliphatic heterocycles. The van der Waals surface area contributed by atoms with Gasteiger partial charge in [0.15, 0.2) is 0 Å². The molecule has 0 aromatic rings. The Balaban J connectivity index is 1.03. The minimum absolute atomic E-state index is 1.04. The van der Waals surface area contributed by atoms with Crippen LogP contribution in [-0.2, 0) is 0 Å². The van der Waals surface area contributed by atoms with Crippen molar-refractivity contribution in [3.8, 4) is 0 Å². The molecule has 0 aliphatic carbocycles. The van der Waals surface area contributed by atoms with Crippen molar-refractivity contribution in [3.05, 3.63) is 0 Å². The lowest BCUT2D eigenvalue weighted by Crippen LogP contribution is -3.13. The first kappa shape index (κ1) is 49.5. The summed E-state index contributed by atoms with van der Waals surface area (Å²) in [7, 11) is 0. The van der Waals surface area contributed by atoms with Gasteiger partial charge >= 0.3 is 0 Å². The van der Waals surface area contributed by atoms with E-state index in [2.05, 4.69) is 0 Å². The summed E-state index contributed by atoms with van der Waals surface area (Å²) in [6.45, 7) is 13.3. The molecule has 4 saturated heterocycles. The molecule has 6 bridgehead atoms. The summed E-state index contributed by atoms with van der Waals surface area (Å²) in [5, 5.41) is 0. The molecule has 0 aromatic carbocycles. The van der Waals surface area contributed by atoms with Gasteiger partial charge in [0.2, 0.25) is 0 Å². The van der Waals surface area contributed by atoms with Crippen LogP contribution in [-0.4, -0.2) is 58.9 Å². The molecule has 336 valence electrons. The van der Waals surface area contributed by atoms with Crippen molar-refractivity contribution in [2.45, 2.75) is 270 Å². The van der Waals surface area contributed by atoms with E-state index in [0.717, 1.165) is 17.8 Å². The minimum Gasteiger partial charge on any atom is -0.335 e. The van der Waals surface area contributed by atoms with Gasteiger partial charge in [0.25, 0.3) is 0 Å². The van der Waals surface area contributed by atoms with Crippen LogP contribution in [0, 0.1) is 17.8 Å². The van der Waals surface area contributed by atoms with E-state index in [4.69, 9.17) is 0 Å². The molecule has 3 N–H and O–H groups in total. The maximum absolute atomic E-state index is 1.96. The number of quaternary nitrogens is 3. The summed E-state index contributed by atoms with van der Waals surface area (Å²) in [6.07, 6.45) is 63.2. The Hall–Kier alpha value is -0.120. The Morgan fingerprint density at radius 2 is 0.316 bits per heavy atom. The number of rotatable bonds is 0. The van der Waals surface area contributed by atoms with Crippen LogP contribution in [0.5, 0.6) is 0 Å². The fraction of sp³-hybridized carbons (Fsp3) is 1.00. The standard InChI is InChI=1S/C54H105N3/c1-4-10-16-22-28-37-52-40-34-47-56(49-52)44-32-26-20-14-8-3-6-12-18-24-30-39-54-42-36-48-57(51-54)45-33-27-21-15-9-2-5-11-17-23-29-38-53-41-35-46-55(50-53)43-31-25-19-13-7-1/h52-54H,1-51H2/p+3. The van der Waals surface area contributed by atoms with Crippen LogP contribution >= 0.6 is 0 Å². The van der Waals surface area contributed by atoms with Gasteiger partial charge in [0, 0.05) is 17.8 Å². The monoisotopic (exact) mass is 799 g/mol. The Labute approximate surface area is 359 Å². The summed E-state index contributed by atoms with van der Waals surface area (Å²) in [5.74, 6) is 3.12. The van der Waals surface area contributed by atoms with Crippen LogP contribution in [0.3, 0.4) is 0 Å². The molecule has 0 saturated carbocycles. The molecule has 6 atom stereocenters. The zero-order valence-electron chi connectivity index (χ0n) is 39.3. The topological polar surface area (TPSA) is 13.3 Å². The Morgan fingerprint density at radius 1 is 0.158 bits per heavy atom. The summed E-state index contributed by atoms with van der Waals surface area (Å²) in [6, 6.07) is 0. The van der Waals surface area contributed by atoms with Gasteiger partial charge in [-0.25, -0.2) is 0 Å². The van der Waals surface area contributed by atoms with E-state index in [1.807, 2.05) is 14.7 Å². The molecule has 4 rings (SSSR count). The molecule has 4 heterocycles. The van der Waals surface area contributed by atoms with Crippen LogP contribution in [0.25, 0.3) is 0 Å². The van der Waals surface area contributed by atoms with E-state index < -0.39 is 0 Å². The number of hydrogen-bond acceptors (Lipinski definition) is 0. The Bertz CT molecular complexity index is 691. The first-order valence-corrected chi connectivity index (χ1v) is 27.9. The van der Waals surface area contributed by atoms with Crippen molar-refractivity contribution in [3.63, 3.8) is 0 Å². The van der Waals surface area contributed by atoms with E-state index in [-0.39, 0.29) is 0 Å². The van der Waals surface area contributed by atoms with Gasteiger partial charge in [0.05, 0.1) is 58.9 Å². The molecule has 0 spiro atoms. The molecule has 3 nitrogen and oxygen atoms in total. The highest BCUT2D eigenvalue weighted by atomic mass is 15.1. The Kier molecular flexibility index (Phi) is 30.8. The molecule has 3 heteroatoms. The lowest BCUT2D eigenvalue weighted by Gasteiger charge is -2.30. The van der Waals surface area contributed by atoms with Gasteiger partial charge in [-0.2, -0.15) is 0 Å². The summed E-state index contributed by atoms with van der Waals surface area (Å²) >= 11 is 0. The van der Waals surface area contributed by atoms with Crippen molar-refractivity contribution in [1.29, 1.82) is 0 Å². The number of nitrogens with one attached hydrogen (secondary N) is 3. The highest BCUT2D eigenvalue weighted by Crippen LogP contribution is 2.21. The van der Waals surface area contributed by atoms with E-state index in [0.29, 0.717) is 0 Å². The summed E-state index contributed by atoms with van der Waals surface area (Å²) < 4.78 is 0. The van der Waals surface area contributed by atoms with Crippen molar-refractivity contribution in [2.24, 2.45) is 17.8 Å². The zero-order valence-corrected chi connectivity index (χ0v) is 39.3. The number of fused-ring (bicyclic) bond motifs is 6. The predicted molar refractivity (Wildman–Crippen MR) is 251 cm³/mol. The third kappa shape index (κ3) is 26.7. The van der Waals surface area contributed by atoms with Gasteiger partial charge in [-0.15, -0.1) is 0 Å². The highest BCUT2D eigenvalue weighted by Gasteiger charge is 2.24. The zero-order chi connectivity index (χ0) is 39.5. The lowest BCUT2D eigenvalue weighted by atomic mass is 9.92. The highest BCUT2D eigenvalue weighted by molar-refractivity contribution is 4.65. The molecule has 4 aliphatic rings. The van der Waals surface area contributed by atoms with Crippen molar-refractivity contribution in [1.82, 2.24) is 0 Å². The van der Waals surface area contributed by atoms with Gasteiger partial charge in [-0.1, -0.05) is 173 Å². The molecular weight excluding hydrogens is 691 g/mol. The third-order valence-electron chi connectivity index (χ3n) is 16.1. The second-order valence-electron chi connectivity index (χ2n) is 21.4. The largest absolute Gasteiger partial charge is 0.335 e. The molecule has 57 heavy (non-hydrogen) atoms. The molecule has 0 aromatic heterocycles. The predicted octanol–water partition coefficient (Wildman–Crippen LogP) is 11.9. The first-order chi connectivity index (χ1) is 28.3. The first-order valence-electron chi connectivity index (χ1n) is 27.9. The van der Waals surface area contributed by atoms with Gasteiger partial charge in [0.1, 0.15) is 0 Å². The summed E-state index contributed by atoms with van der Waals surface area (Å²) in [5.41, 5.74) is 0. The second kappa shape index (κ2) is 35.5. The normalized spacial score (nSPS) is 32.8. The molecule has 6 unspecified atom stereocenters. The van der Waals surface area contributed by atoms with Crippen molar-refractivity contribution in [2.75, 3.05) is 58.9 Å². The smallest absolute Gasteiger partial charge is 0.0799 e. The van der Waals surface area contributed by atoms with Crippen molar-refractivity contribution < 1.29 is 14.7 Å². The van der Waals surface area contributed by atoms with Crippen molar-refractivity contribution >= 4 is 0 Å². The quantitative estimate of drug-likeness (QED) is 0.216. The maximum Gasteiger partial charge on any atom is 0.0799 e. The minimum atomic E-state index is 1.04. The fourth-order valence-corrected chi connectivity index (χ4v) is 12.4. The van der Waals surface area contributed by atoms with Crippen LogP contribution < -0.4 is 14.7 Å². The van der Waals surface area contributed by atoms with Crippen LogP contribution in [0.2, 0.25) is 0 Å². The Morgan fingerprint density at radius 3 is 0.544 bits per heavy atom. The number of piperidine rings is 3. The average Bonchev–Trinajstić information content (AvgIpc) is 3.23. The van der Waals surface area contributed by atoms with Gasteiger partial charge < -0.3 is 14.7 Å². The van der Waals surface area contributed by atoms with Crippen LogP contribution in [0.4, 0.5) is 0 Å². The third-order valence-corrected chi connectivity index (χ3v) is 16.1. The van der Waals surface area contributed by atoms with Gasteiger partial charge in [-0.3, -0.25) is 0 Å². The molecule has 0 amide bonds. The molecule has 0 radical (unpaired) electrons. The van der Waals surface area contributed by atoms with Gasteiger partial charge in [-0.05, 0) is 96.3 Å². The van der Waals surface area contributed by atoms with E-state index in [1.54, 1.807) is 0 Å². The SMILES string of the molecule is C1CCCCCCC2CCC[NH+](CCCCCCCCCCCCCC3CCC[NH+](CCCCCCCCCCCCCC4CCC[NH+](CCCCCC1)C4)C3)C2. The van der Waals surface area contributed by atoms with E-state index >= 15 is 0 Å². The lowest BCUT2D eigenvalue weighted by molar-refractivity contribution is -0.909. The summed E-state index contributed by atoms with van der Waals surface area (Å²) in [4.78, 5) is 5.88. The van der Waals surface area contributed by atoms with E-state index in [1.165, 1.54) is 329 Å². The van der Waals surface area contributed by atoms with Crippen LogP contribution in [0.1, 0.15) is 270 Å². The maximum atomic E-state index is 1.96. The second-order valence-corrected chi connectivity index (χ2v) is 21.4. The average molecular weight is 799 g/mol. The van der Waals surface area contributed by atoms with Crippen LogP contribution in [0.15, 0.2) is 0 Å². The molecular formula is C54H108N3+3. The van der Waals surface area contributed by atoms with E-state index in [9.17, 15) is 0 Å². The fourth-order valence-electron chi connectivity index (χ4n) is 12.4. The number of hydrogen-bond donors (Lipinski definition) is 3. The molecule has 4 fully saturated rings.